The van der Waals surface area contributed by atoms with Crippen LogP contribution < -0.4 is 10.6 Å². The molecule has 130 valence electrons. The largest absolute Gasteiger partial charge is 0.343 e. The first kappa shape index (κ1) is 18.5. The number of benzene rings is 2. The normalized spacial score (nSPS) is 10.7. The van der Waals surface area contributed by atoms with Gasteiger partial charge in [0.15, 0.2) is 0 Å². The van der Waals surface area contributed by atoms with Crippen LogP contribution in [0.5, 0.6) is 0 Å². The maximum atomic E-state index is 12.0. The summed E-state index contributed by atoms with van der Waals surface area (Å²) in [5.41, 5.74) is 6.07. The highest BCUT2D eigenvalue weighted by molar-refractivity contribution is 5.98. The maximum absolute atomic E-state index is 12.0. The van der Waals surface area contributed by atoms with Crippen molar-refractivity contribution in [2.24, 2.45) is 0 Å². The summed E-state index contributed by atoms with van der Waals surface area (Å²) >= 11 is 0. The predicted molar refractivity (Wildman–Crippen MR) is 103 cm³/mol. The molecule has 0 saturated carbocycles. The zero-order chi connectivity index (χ0) is 18.4. The highest BCUT2D eigenvalue weighted by Gasteiger charge is 2.08. The number of hydrogen-bond acceptors (Lipinski definition) is 2. The number of carbonyl (C=O) groups is 2. The lowest BCUT2D eigenvalue weighted by atomic mass is 10.1. The van der Waals surface area contributed by atoms with Crippen LogP contribution in [0.4, 0.5) is 5.69 Å². The van der Waals surface area contributed by atoms with Crippen LogP contribution in [0, 0.1) is 27.7 Å². The lowest BCUT2D eigenvalue weighted by Crippen LogP contribution is -2.32. The van der Waals surface area contributed by atoms with Crippen molar-refractivity contribution in [2.75, 3.05) is 11.9 Å². The van der Waals surface area contributed by atoms with E-state index in [2.05, 4.69) is 16.7 Å². The Bertz CT molecular complexity index is 802. The molecule has 0 aromatic heterocycles. The van der Waals surface area contributed by atoms with Crippen molar-refractivity contribution in [3.63, 3.8) is 0 Å². The molecule has 2 N–H and O–H groups in total. The summed E-state index contributed by atoms with van der Waals surface area (Å²) in [6.07, 6.45) is 3.21. The van der Waals surface area contributed by atoms with Gasteiger partial charge in [-0.3, -0.25) is 9.59 Å². The van der Waals surface area contributed by atoms with E-state index in [4.69, 9.17) is 0 Å². The topological polar surface area (TPSA) is 58.2 Å². The zero-order valence-electron chi connectivity index (χ0n) is 15.1. The first-order valence-electron chi connectivity index (χ1n) is 8.26. The SMILES string of the molecule is Cc1ccc(/C=C/C(=O)NCC(=O)Nc2c(C)cccc2C)c(C)c1. The van der Waals surface area contributed by atoms with Gasteiger partial charge in [0.25, 0.3) is 0 Å². The molecule has 25 heavy (non-hydrogen) atoms. The van der Waals surface area contributed by atoms with Gasteiger partial charge < -0.3 is 10.6 Å². The van der Waals surface area contributed by atoms with Gasteiger partial charge in [0, 0.05) is 11.8 Å². The molecule has 2 rings (SSSR count). The van der Waals surface area contributed by atoms with Gasteiger partial charge in [0.2, 0.25) is 11.8 Å². The van der Waals surface area contributed by atoms with Crippen molar-refractivity contribution in [3.05, 3.63) is 70.3 Å². The van der Waals surface area contributed by atoms with E-state index in [9.17, 15) is 9.59 Å². The Morgan fingerprint density at radius 3 is 2.28 bits per heavy atom. The molecule has 2 aromatic rings. The number of rotatable bonds is 5. The monoisotopic (exact) mass is 336 g/mol. The molecule has 2 amide bonds. The average Bonchev–Trinajstić information content (AvgIpc) is 2.55. The third-order valence-electron chi connectivity index (χ3n) is 4.01. The van der Waals surface area contributed by atoms with E-state index < -0.39 is 0 Å². The number of anilines is 1. The first-order chi connectivity index (χ1) is 11.9. The number of aryl methyl sites for hydroxylation is 4. The minimum absolute atomic E-state index is 0.0656. The van der Waals surface area contributed by atoms with E-state index in [0.717, 1.165) is 27.9 Å². The molecule has 0 radical (unpaired) electrons. The van der Waals surface area contributed by atoms with Crippen molar-refractivity contribution >= 4 is 23.6 Å². The third kappa shape index (κ3) is 5.31. The van der Waals surface area contributed by atoms with Crippen LogP contribution in [0.1, 0.15) is 27.8 Å². The van der Waals surface area contributed by atoms with Gasteiger partial charge in [-0.05, 0) is 56.0 Å². The highest BCUT2D eigenvalue weighted by Crippen LogP contribution is 2.19. The van der Waals surface area contributed by atoms with Crippen molar-refractivity contribution in [1.82, 2.24) is 5.32 Å². The molecule has 0 aliphatic heterocycles. The van der Waals surface area contributed by atoms with Crippen molar-refractivity contribution in [3.8, 4) is 0 Å². The fraction of sp³-hybridized carbons (Fsp3) is 0.238. The molecule has 0 unspecified atom stereocenters. The molecule has 4 heteroatoms. The Hall–Kier alpha value is -2.88. The summed E-state index contributed by atoms with van der Waals surface area (Å²) in [6, 6.07) is 11.9. The molecule has 0 atom stereocenters. The Morgan fingerprint density at radius 2 is 1.64 bits per heavy atom. The number of nitrogens with one attached hydrogen (secondary N) is 2. The summed E-state index contributed by atoms with van der Waals surface area (Å²) in [4.78, 5) is 23.9. The summed E-state index contributed by atoms with van der Waals surface area (Å²) in [5.74, 6) is -0.540. The second kappa shape index (κ2) is 8.29. The molecular formula is C21H24N2O2. The summed E-state index contributed by atoms with van der Waals surface area (Å²) in [5, 5.41) is 5.45. The van der Waals surface area contributed by atoms with E-state index in [1.54, 1.807) is 6.08 Å². The van der Waals surface area contributed by atoms with Crippen LogP contribution >= 0.6 is 0 Å². The van der Waals surface area contributed by atoms with Gasteiger partial charge in [-0.1, -0.05) is 42.0 Å². The van der Waals surface area contributed by atoms with Crippen LogP contribution in [0.25, 0.3) is 6.08 Å². The smallest absolute Gasteiger partial charge is 0.244 e. The third-order valence-corrected chi connectivity index (χ3v) is 4.01. The number of hydrogen-bond donors (Lipinski definition) is 2. The van der Waals surface area contributed by atoms with E-state index in [1.165, 1.54) is 11.6 Å². The Labute approximate surface area is 149 Å². The van der Waals surface area contributed by atoms with Gasteiger partial charge in [-0.15, -0.1) is 0 Å². The first-order valence-corrected chi connectivity index (χ1v) is 8.26. The highest BCUT2D eigenvalue weighted by atomic mass is 16.2. The fourth-order valence-electron chi connectivity index (χ4n) is 2.60. The molecule has 0 saturated heterocycles. The van der Waals surface area contributed by atoms with Gasteiger partial charge in [0.1, 0.15) is 0 Å². The van der Waals surface area contributed by atoms with Crippen LogP contribution in [0.15, 0.2) is 42.5 Å². The number of carbonyl (C=O) groups excluding carboxylic acids is 2. The molecular weight excluding hydrogens is 312 g/mol. The van der Waals surface area contributed by atoms with Gasteiger partial charge in [-0.2, -0.15) is 0 Å². The van der Waals surface area contributed by atoms with Crippen molar-refractivity contribution in [1.29, 1.82) is 0 Å². The lowest BCUT2D eigenvalue weighted by molar-refractivity contribution is -0.121. The Balaban J connectivity index is 1.89. The van der Waals surface area contributed by atoms with E-state index in [1.807, 2.05) is 58.0 Å². The summed E-state index contributed by atoms with van der Waals surface area (Å²) in [6.45, 7) is 7.84. The van der Waals surface area contributed by atoms with Crippen LogP contribution in [-0.4, -0.2) is 18.4 Å². The lowest BCUT2D eigenvalue weighted by Gasteiger charge is -2.11. The molecule has 0 aliphatic rings. The molecule has 0 bridgehead atoms. The van der Waals surface area contributed by atoms with Crippen molar-refractivity contribution in [2.45, 2.75) is 27.7 Å². The summed E-state index contributed by atoms with van der Waals surface area (Å²) < 4.78 is 0. The second-order valence-corrected chi connectivity index (χ2v) is 6.23. The fourth-order valence-corrected chi connectivity index (χ4v) is 2.60. The standard InChI is InChI=1S/C21H24N2O2/c1-14-8-9-18(17(4)12-14)10-11-19(24)22-13-20(25)23-21-15(2)6-5-7-16(21)3/h5-12H,13H2,1-4H3,(H,22,24)(H,23,25)/b11-10+. The quantitative estimate of drug-likeness (QED) is 0.818. The minimum Gasteiger partial charge on any atom is -0.343 e. The molecule has 0 aliphatic carbocycles. The van der Waals surface area contributed by atoms with Gasteiger partial charge in [0.05, 0.1) is 6.54 Å². The van der Waals surface area contributed by atoms with Crippen LogP contribution in [-0.2, 0) is 9.59 Å². The molecule has 0 heterocycles. The van der Waals surface area contributed by atoms with Gasteiger partial charge in [-0.25, -0.2) is 0 Å². The van der Waals surface area contributed by atoms with Gasteiger partial charge >= 0.3 is 0 Å². The van der Waals surface area contributed by atoms with Crippen molar-refractivity contribution < 1.29 is 9.59 Å². The van der Waals surface area contributed by atoms with E-state index in [-0.39, 0.29) is 18.4 Å². The molecule has 0 spiro atoms. The Morgan fingerprint density at radius 1 is 0.960 bits per heavy atom. The predicted octanol–water partition coefficient (Wildman–Crippen LogP) is 3.69. The van der Waals surface area contributed by atoms with E-state index in [0.29, 0.717) is 0 Å². The number of para-hydroxylation sites is 1. The number of amides is 2. The average molecular weight is 336 g/mol. The van der Waals surface area contributed by atoms with Crippen LogP contribution in [0.3, 0.4) is 0 Å². The molecule has 2 aromatic carbocycles. The molecule has 0 fully saturated rings. The molecule has 4 nitrogen and oxygen atoms in total. The minimum atomic E-state index is -0.295. The zero-order valence-corrected chi connectivity index (χ0v) is 15.1. The maximum Gasteiger partial charge on any atom is 0.244 e. The second-order valence-electron chi connectivity index (χ2n) is 6.23. The Kier molecular flexibility index (Phi) is 6.12. The summed E-state index contributed by atoms with van der Waals surface area (Å²) in [7, 11) is 0. The van der Waals surface area contributed by atoms with E-state index >= 15 is 0 Å². The van der Waals surface area contributed by atoms with Crippen LogP contribution in [0.2, 0.25) is 0 Å².